The van der Waals surface area contributed by atoms with E-state index < -0.39 is 40.7 Å². The second kappa shape index (κ2) is 17.0. The second-order valence-corrected chi connectivity index (χ2v) is 13.7. The molecule has 0 fully saturated rings. The largest absolute Gasteiger partial charge is 0.421 e. The van der Waals surface area contributed by atoms with Crippen molar-refractivity contribution in [1.29, 1.82) is 0 Å². The van der Waals surface area contributed by atoms with Crippen LogP contribution in [-0.2, 0) is 19.8 Å². The van der Waals surface area contributed by atoms with E-state index in [1.165, 1.54) is 109 Å². The lowest BCUT2D eigenvalue weighted by Gasteiger charge is -2.32. The number of benzene rings is 6. The zero-order valence-electron chi connectivity index (χ0n) is 29.2. The lowest BCUT2D eigenvalue weighted by molar-refractivity contribution is -0.130. The fraction of sp³-hybridized carbons (Fsp3) is 0.0455. The van der Waals surface area contributed by atoms with Crippen molar-refractivity contribution >= 4 is 70.1 Å². The van der Waals surface area contributed by atoms with Crippen LogP contribution in [-0.4, -0.2) is 35.3 Å². The van der Waals surface area contributed by atoms with Crippen LogP contribution in [0, 0.1) is 0 Å². The number of carbonyl (C=O) groups is 6. The third kappa shape index (κ3) is 8.93. The molecule has 12 heteroatoms. The Labute approximate surface area is 335 Å². The van der Waals surface area contributed by atoms with Crippen molar-refractivity contribution < 1.29 is 43.0 Å². The summed E-state index contributed by atoms with van der Waals surface area (Å²) in [6.45, 7) is 1.91. The summed E-state index contributed by atoms with van der Waals surface area (Å²) in [5.74, 6) is -5.44. The van der Waals surface area contributed by atoms with E-state index in [2.05, 4.69) is 0 Å². The summed E-state index contributed by atoms with van der Waals surface area (Å²) in [5.41, 5.74) is 1.51. The van der Waals surface area contributed by atoms with Crippen LogP contribution in [0.5, 0.6) is 17.2 Å². The first-order chi connectivity index (χ1) is 26.8. The standard InChI is InChI=1S/C44H27Cl3O9/c1-44(29-8-20-35(21-9-29)54-41(51)38(48)26-2-14-32(45)15-3-26,30-10-22-36(23-11-30)55-42(52)39(49)27-4-16-33(46)17-5-27)31-12-24-37(25-13-31)56-43(53)40(50)28-6-18-34(47)19-7-28/h2-25H,1H3. The first kappa shape index (κ1) is 39.3. The molecule has 0 radical (unpaired) electrons. The number of ether oxygens (including phenoxy) is 3. The van der Waals surface area contributed by atoms with Crippen LogP contribution in [0.3, 0.4) is 0 Å². The van der Waals surface area contributed by atoms with Crippen LogP contribution in [0.1, 0.15) is 54.7 Å². The lowest BCUT2D eigenvalue weighted by Crippen LogP contribution is -2.26. The van der Waals surface area contributed by atoms with Gasteiger partial charge in [-0.3, -0.25) is 14.4 Å². The predicted molar refractivity (Wildman–Crippen MR) is 209 cm³/mol. The number of Topliss-reactive ketones (excluding diaryl/α,β-unsaturated/α-hetero) is 3. The molecule has 0 spiro atoms. The molecule has 6 aromatic carbocycles. The average molecular weight is 806 g/mol. The van der Waals surface area contributed by atoms with E-state index in [9.17, 15) is 28.8 Å². The maximum atomic E-state index is 12.7. The Morgan fingerprint density at radius 2 is 0.571 bits per heavy atom. The predicted octanol–water partition coefficient (Wildman–Crippen LogP) is 9.37. The zero-order chi connectivity index (χ0) is 40.0. The van der Waals surface area contributed by atoms with Gasteiger partial charge in [-0.05, 0) is 133 Å². The van der Waals surface area contributed by atoms with E-state index >= 15 is 0 Å². The Hall–Kier alpha value is -6.39. The molecule has 56 heavy (non-hydrogen) atoms. The third-order valence-electron chi connectivity index (χ3n) is 8.80. The Balaban J connectivity index is 1.26. The fourth-order valence-electron chi connectivity index (χ4n) is 5.69. The van der Waals surface area contributed by atoms with Crippen molar-refractivity contribution in [3.63, 3.8) is 0 Å². The fourth-order valence-corrected chi connectivity index (χ4v) is 6.06. The highest BCUT2D eigenvalue weighted by atomic mass is 35.5. The molecule has 0 aliphatic carbocycles. The minimum absolute atomic E-state index is 0.114. The highest BCUT2D eigenvalue weighted by Crippen LogP contribution is 2.40. The van der Waals surface area contributed by atoms with Crippen LogP contribution in [0.2, 0.25) is 15.1 Å². The highest BCUT2D eigenvalue weighted by molar-refractivity contribution is 6.42. The molecule has 0 amide bonds. The molecule has 9 nitrogen and oxygen atoms in total. The molecule has 0 atom stereocenters. The Morgan fingerprint density at radius 1 is 0.357 bits per heavy atom. The molecule has 0 aromatic heterocycles. The van der Waals surface area contributed by atoms with Gasteiger partial charge in [0.1, 0.15) is 17.2 Å². The third-order valence-corrected chi connectivity index (χ3v) is 9.56. The van der Waals surface area contributed by atoms with E-state index in [0.29, 0.717) is 31.8 Å². The quantitative estimate of drug-likeness (QED) is 0.0391. The van der Waals surface area contributed by atoms with Gasteiger partial charge in [0, 0.05) is 37.2 Å². The summed E-state index contributed by atoms with van der Waals surface area (Å²) in [6.07, 6.45) is 0. The molecule has 0 N–H and O–H groups in total. The Bertz CT molecular complexity index is 2170. The molecule has 6 aromatic rings. The molecule has 0 saturated carbocycles. The highest BCUT2D eigenvalue weighted by Gasteiger charge is 2.32. The molecular formula is C44H27Cl3O9. The topological polar surface area (TPSA) is 130 Å². The van der Waals surface area contributed by atoms with Crippen molar-refractivity contribution in [2.75, 3.05) is 0 Å². The molecule has 6 rings (SSSR count). The number of rotatable bonds is 12. The maximum Gasteiger partial charge on any atom is 0.385 e. The molecule has 0 unspecified atom stereocenters. The van der Waals surface area contributed by atoms with E-state index in [0.717, 1.165) is 0 Å². The van der Waals surface area contributed by atoms with Crippen LogP contribution >= 0.6 is 34.8 Å². The first-order valence-corrected chi connectivity index (χ1v) is 17.8. The molecule has 0 aliphatic heterocycles. The minimum atomic E-state index is -1.08. The van der Waals surface area contributed by atoms with Crippen molar-refractivity contribution in [2.24, 2.45) is 0 Å². The Morgan fingerprint density at radius 3 is 0.786 bits per heavy atom. The van der Waals surface area contributed by atoms with Gasteiger partial charge in [0.25, 0.3) is 17.3 Å². The van der Waals surface area contributed by atoms with Crippen molar-refractivity contribution in [3.8, 4) is 17.2 Å². The maximum absolute atomic E-state index is 12.7. The zero-order valence-corrected chi connectivity index (χ0v) is 31.4. The van der Waals surface area contributed by atoms with Crippen LogP contribution < -0.4 is 14.2 Å². The summed E-state index contributed by atoms with van der Waals surface area (Å²) in [5, 5.41) is 1.23. The van der Waals surface area contributed by atoms with Gasteiger partial charge in [-0.1, -0.05) is 71.2 Å². The molecule has 278 valence electrons. The molecule has 0 heterocycles. The number of hydrogen-bond acceptors (Lipinski definition) is 9. The smallest absolute Gasteiger partial charge is 0.385 e. The number of hydrogen-bond donors (Lipinski definition) is 0. The van der Waals surface area contributed by atoms with Gasteiger partial charge in [0.05, 0.1) is 0 Å². The first-order valence-electron chi connectivity index (χ1n) is 16.7. The molecule has 0 saturated heterocycles. The van der Waals surface area contributed by atoms with E-state index in [-0.39, 0.29) is 33.9 Å². The van der Waals surface area contributed by atoms with E-state index in [4.69, 9.17) is 49.0 Å². The van der Waals surface area contributed by atoms with Gasteiger partial charge < -0.3 is 14.2 Å². The molecule has 0 bridgehead atoms. The van der Waals surface area contributed by atoms with E-state index in [1.807, 2.05) is 6.92 Å². The minimum Gasteiger partial charge on any atom is -0.421 e. The average Bonchev–Trinajstić information content (AvgIpc) is 3.21. The number of ketones is 3. The van der Waals surface area contributed by atoms with Gasteiger partial charge in [-0.25, -0.2) is 14.4 Å². The SMILES string of the molecule is CC(c1ccc(OC(=O)C(=O)c2ccc(Cl)cc2)cc1)(c1ccc(OC(=O)C(=O)c2ccc(Cl)cc2)cc1)c1ccc(OC(=O)C(=O)c2ccc(Cl)cc2)cc1. The van der Waals surface area contributed by atoms with Gasteiger partial charge in [-0.15, -0.1) is 0 Å². The van der Waals surface area contributed by atoms with Crippen LogP contribution in [0.15, 0.2) is 146 Å². The van der Waals surface area contributed by atoms with Gasteiger partial charge in [0.15, 0.2) is 0 Å². The lowest BCUT2D eigenvalue weighted by atomic mass is 9.71. The van der Waals surface area contributed by atoms with Gasteiger partial charge >= 0.3 is 17.9 Å². The van der Waals surface area contributed by atoms with Crippen LogP contribution in [0.4, 0.5) is 0 Å². The molecular weight excluding hydrogens is 779 g/mol. The van der Waals surface area contributed by atoms with Gasteiger partial charge in [-0.2, -0.15) is 0 Å². The van der Waals surface area contributed by atoms with Crippen molar-refractivity contribution in [3.05, 3.63) is 194 Å². The summed E-state index contributed by atoms with van der Waals surface area (Å²) in [6, 6.07) is 37.0. The van der Waals surface area contributed by atoms with E-state index in [1.54, 1.807) is 36.4 Å². The van der Waals surface area contributed by atoms with Crippen molar-refractivity contribution in [1.82, 2.24) is 0 Å². The second-order valence-electron chi connectivity index (χ2n) is 12.4. The summed E-state index contributed by atoms with van der Waals surface area (Å²) in [4.78, 5) is 76.0. The normalized spacial score (nSPS) is 10.9. The summed E-state index contributed by atoms with van der Waals surface area (Å²) in [7, 11) is 0. The number of carbonyl (C=O) groups excluding carboxylic acids is 6. The Kier molecular flexibility index (Phi) is 11.9. The summed E-state index contributed by atoms with van der Waals surface area (Å²) >= 11 is 17.7. The van der Waals surface area contributed by atoms with Gasteiger partial charge in [0.2, 0.25) is 0 Å². The summed E-state index contributed by atoms with van der Waals surface area (Å²) < 4.78 is 16.1. The number of halogens is 3. The van der Waals surface area contributed by atoms with Crippen molar-refractivity contribution in [2.45, 2.75) is 12.3 Å². The monoisotopic (exact) mass is 804 g/mol. The molecule has 0 aliphatic rings. The number of esters is 3. The van der Waals surface area contributed by atoms with Crippen LogP contribution in [0.25, 0.3) is 0 Å².